The molecule has 4 aromatic rings. The smallest absolute Gasteiger partial charge is 0.0159 e. The maximum Gasteiger partial charge on any atom is 0.0159 e. The molecule has 0 unspecified atom stereocenters. The van der Waals surface area contributed by atoms with Crippen LogP contribution in [0.15, 0.2) is 60.7 Å². The third-order valence-corrected chi connectivity index (χ3v) is 5.94. The van der Waals surface area contributed by atoms with Gasteiger partial charge in [0.1, 0.15) is 0 Å². The Hall–Kier alpha value is -2.60. The predicted molar refractivity (Wildman–Crippen MR) is 108 cm³/mol. The molecule has 0 heterocycles. The van der Waals surface area contributed by atoms with Crippen LogP contribution in [0.1, 0.15) is 36.1 Å². The fourth-order valence-corrected chi connectivity index (χ4v) is 4.51. The molecule has 0 saturated carbocycles. The summed E-state index contributed by atoms with van der Waals surface area (Å²) in [4.78, 5) is 0. The maximum absolute atomic E-state index is 2.45. The largest absolute Gasteiger partial charge is 0.0587 e. The Bertz CT molecular complexity index is 1180. The average Bonchev–Trinajstić information content (AvgIpc) is 2.80. The normalized spacial score (nSPS) is 14.7. The van der Waals surface area contributed by atoms with Gasteiger partial charge in [0.25, 0.3) is 0 Å². The number of benzene rings is 4. The van der Waals surface area contributed by atoms with E-state index in [9.17, 15) is 0 Å². The summed E-state index contributed by atoms with van der Waals surface area (Å²) < 4.78 is 0. The van der Waals surface area contributed by atoms with E-state index in [1.807, 2.05) is 0 Å². The van der Waals surface area contributed by atoms with E-state index in [0.29, 0.717) is 0 Å². The highest BCUT2D eigenvalue weighted by Crippen LogP contribution is 2.50. The van der Waals surface area contributed by atoms with Gasteiger partial charge in [0.2, 0.25) is 0 Å². The first-order valence-electron chi connectivity index (χ1n) is 9.04. The molecule has 4 aromatic carbocycles. The summed E-state index contributed by atoms with van der Waals surface area (Å²) in [7, 11) is 0. The first-order chi connectivity index (χ1) is 11.9. The summed E-state index contributed by atoms with van der Waals surface area (Å²) in [6.07, 6.45) is 0. The lowest BCUT2D eigenvalue weighted by Crippen LogP contribution is -2.15. The van der Waals surface area contributed by atoms with Crippen molar-refractivity contribution in [1.82, 2.24) is 0 Å². The average molecular weight is 322 g/mol. The molecule has 25 heavy (non-hydrogen) atoms. The van der Waals surface area contributed by atoms with E-state index in [2.05, 4.69) is 88.4 Å². The molecule has 0 saturated heterocycles. The fraction of sp³-hybridized carbons (Fsp3) is 0.200. The second kappa shape index (κ2) is 4.73. The van der Waals surface area contributed by atoms with Crippen LogP contribution in [-0.2, 0) is 5.41 Å². The number of aryl methyl sites for hydroxylation is 2. The Morgan fingerprint density at radius 2 is 1.16 bits per heavy atom. The van der Waals surface area contributed by atoms with Crippen molar-refractivity contribution in [3.05, 3.63) is 82.9 Å². The maximum atomic E-state index is 2.45. The lowest BCUT2D eigenvalue weighted by molar-refractivity contribution is 0.660. The summed E-state index contributed by atoms with van der Waals surface area (Å²) in [5, 5.41) is 5.39. The Labute approximate surface area is 149 Å². The highest BCUT2D eigenvalue weighted by atomic mass is 14.4. The van der Waals surface area contributed by atoms with Crippen LogP contribution in [0.3, 0.4) is 0 Å². The van der Waals surface area contributed by atoms with Gasteiger partial charge < -0.3 is 0 Å². The zero-order valence-corrected chi connectivity index (χ0v) is 15.3. The first kappa shape index (κ1) is 14.7. The van der Waals surface area contributed by atoms with E-state index in [1.54, 1.807) is 0 Å². The zero-order valence-electron chi connectivity index (χ0n) is 15.3. The van der Waals surface area contributed by atoms with Gasteiger partial charge in [-0.05, 0) is 69.8 Å². The molecular formula is C25H22. The third-order valence-electron chi connectivity index (χ3n) is 5.94. The van der Waals surface area contributed by atoms with Crippen LogP contribution < -0.4 is 0 Å². The molecule has 0 heteroatoms. The van der Waals surface area contributed by atoms with Gasteiger partial charge in [-0.3, -0.25) is 0 Å². The third kappa shape index (κ3) is 1.94. The van der Waals surface area contributed by atoms with Gasteiger partial charge in [0.05, 0.1) is 0 Å². The van der Waals surface area contributed by atoms with E-state index < -0.39 is 0 Å². The van der Waals surface area contributed by atoms with Crippen LogP contribution in [0.25, 0.3) is 32.7 Å². The van der Waals surface area contributed by atoms with Crippen LogP contribution in [0.2, 0.25) is 0 Å². The monoisotopic (exact) mass is 322 g/mol. The van der Waals surface area contributed by atoms with Crippen LogP contribution in [0.4, 0.5) is 0 Å². The molecule has 5 rings (SSSR count). The molecule has 122 valence electrons. The van der Waals surface area contributed by atoms with Crippen molar-refractivity contribution in [1.29, 1.82) is 0 Å². The first-order valence-corrected chi connectivity index (χ1v) is 9.04. The topological polar surface area (TPSA) is 0 Å². The molecular weight excluding hydrogens is 300 g/mol. The van der Waals surface area contributed by atoms with Crippen LogP contribution in [0.5, 0.6) is 0 Å². The van der Waals surface area contributed by atoms with Crippen LogP contribution >= 0.6 is 0 Å². The van der Waals surface area contributed by atoms with Crippen molar-refractivity contribution in [3.63, 3.8) is 0 Å². The standard InChI is InChI=1S/C25H22/c1-15-5-7-17-8-9-18-13-22-19-10-6-16(2)12-23(19)25(3,4)24(22)14-21(18)20(17)11-15/h5-14H,1-4H3. The Morgan fingerprint density at radius 1 is 0.560 bits per heavy atom. The van der Waals surface area contributed by atoms with E-state index >= 15 is 0 Å². The molecule has 0 aliphatic heterocycles. The van der Waals surface area contributed by atoms with Gasteiger partial charge in [-0.1, -0.05) is 73.5 Å². The van der Waals surface area contributed by atoms with Gasteiger partial charge in [0.15, 0.2) is 0 Å². The second-order valence-corrected chi connectivity index (χ2v) is 8.08. The van der Waals surface area contributed by atoms with Gasteiger partial charge in [-0.15, -0.1) is 0 Å². The van der Waals surface area contributed by atoms with E-state index in [4.69, 9.17) is 0 Å². The minimum absolute atomic E-state index is 0.0524. The minimum atomic E-state index is 0.0524. The van der Waals surface area contributed by atoms with Gasteiger partial charge in [-0.25, -0.2) is 0 Å². The summed E-state index contributed by atoms with van der Waals surface area (Å²) >= 11 is 0. The molecule has 0 atom stereocenters. The van der Waals surface area contributed by atoms with Crippen LogP contribution in [-0.4, -0.2) is 0 Å². The van der Waals surface area contributed by atoms with Crippen molar-refractivity contribution >= 4 is 21.5 Å². The fourth-order valence-electron chi connectivity index (χ4n) is 4.51. The Kier molecular flexibility index (Phi) is 2.78. The molecule has 0 amide bonds. The molecule has 0 nitrogen and oxygen atoms in total. The zero-order chi connectivity index (χ0) is 17.3. The lowest BCUT2D eigenvalue weighted by Gasteiger charge is -2.22. The number of hydrogen-bond acceptors (Lipinski definition) is 0. The number of rotatable bonds is 0. The van der Waals surface area contributed by atoms with E-state index in [0.717, 1.165) is 0 Å². The van der Waals surface area contributed by atoms with E-state index in [1.165, 1.54) is 54.9 Å². The molecule has 0 fully saturated rings. The lowest BCUT2D eigenvalue weighted by atomic mass is 9.81. The molecule has 1 aliphatic carbocycles. The number of hydrogen-bond donors (Lipinski definition) is 0. The summed E-state index contributed by atoms with van der Waals surface area (Å²) in [6, 6.07) is 23.0. The highest BCUT2D eigenvalue weighted by Gasteiger charge is 2.35. The van der Waals surface area contributed by atoms with E-state index in [-0.39, 0.29) is 5.41 Å². The second-order valence-electron chi connectivity index (χ2n) is 8.08. The Balaban J connectivity index is 1.91. The van der Waals surface area contributed by atoms with Crippen molar-refractivity contribution in [3.8, 4) is 11.1 Å². The van der Waals surface area contributed by atoms with Gasteiger partial charge in [0, 0.05) is 5.41 Å². The van der Waals surface area contributed by atoms with Gasteiger partial charge >= 0.3 is 0 Å². The molecule has 0 spiro atoms. The molecule has 0 aromatic heterocycles. The molecule has 0 bridgehead atoms. The number of fused-ring (bicyclic) bond motifs is 6. The molecule has 0 N–H and O–H groups in total. The minimum Gasteiger partial charge on any atom is -0.0587 e. The van der Waals surface area contributed by atoms with Crippen molar-refractivity contribution in [2.45, 2.75) is 33.1 Å². The quantitative estimate of drug-likeness (QED) is 0.308. The highest BCUT2D eigenvalue weighted by molar-refractivity contribution is 6.10. The molecule has 1 aliphatic rings. The summed E-state index contributed by atoms with van der Waals surface area (Å²) in [6.45, 7) is 9.08. The van der Waals surface area contributed by atoms with Gasteiger partial charge in [-0.2, -0.15) is 0 Å². The molecule has 0 radical (unpaired) electrons. The summed E-state index contributed by atoms with van der Waals surface area (Å²) in [5.74, 6) is 0. The van der Waals surface area contributed by atoms with Crippen molar-refractivity contribution in [2.24, 2.45) is 0 Å². The summed E-state index contributed by atoms with van der Waals surface area (Å²) in [5.41, 5.74) is 8.42. The SMILES string of the molecule is Cc1ccc2c(c1)C(C)(C)c1cc3c(ccc4ccc(C)cc43)cc1-2. The van der Waals surface area contributed by atoms with Crippen LogP contribution in [0, 0.1) is 13.8 Å². The van der Waals surface area contributed by atoms with Crippen molar-refractivity contribution < 1.29 is 0 Å². The van der Waals surface area contributed by atoms with Crippen molar-refractivity contribution in [2.75, 3.05) is 0 Å². The Morgan fingerprint density at radius 3 is 2.00 bits per heavy atom. The predicted octanol–water partition coefficient (Wildman–Crippen LogP) is 6.92.